The molecule has 174 valence electrons. The van der Waals surface area contributed by atoms with E-state index in [1.807, 2.05) is 64.1 Å². The van der Waals surface area contributed by atoms with Crippen molar-refractivity contribution >= 4 is 35.0 Å². The third-order valence-corrected chi connectivity index (χ3v) is 5.51. The molecule has 2 amide bonds. The minimum absolute atomic E-state index is 0.108. The molecule has 2 aromatic carbocycles. The molecule has 0 bridgehead atoms. The van der Waals surface area contributed by atoms with Crippen molar-refractivity contribution in [2.45, 2.75) is 65.1 Å². The maximum atomic E-state index is 13.2. The van der Waals surface area contributed by atoms with Gasteiger partial charge in [0.2, 0.25) is 11.8 Å². The molecule has 0 radical (unpaired) electrons. The number of carbonyl (C=O) groups excluding carboxylic acids is 2. The smallest absolute Gasteiger partial charge is 0.243 e. The Morgan fingerprint density at radius 3 is 2.34 bits per heavy atom. The summed E-state index contributed by atoms with van der Waals surface area (Å²) in [7, 11) is 0. The Kier molecular flexibility index (Phi) is 9.85. The first-order valence-electron chi connectivity index (χ1n) is 10.8. The summed E-state index contributed by atoms with van der Waals surface area (Å²) in [4.78, 5) is 27.8. The summed E-state index contributed by atoms with van der Waals surface area (Å²) in [6.07, 6.45) is 1.31. The molecule has 1 atom stereocenters. The Morgan fingerprint density at radius 2 is 1.75 bits per heavy atom. The van der Waals surface area contributed by atoms with E-state index in [0.29, 0.717) is 29.5 Å². The van der Waals surface area contributed by atoms with Crippen molar-refractivity contribution in [2.75, 3.05) is 6.61 Å². The number of hydrogen-bond donors (Lipinski definition) is 1. The van der Waals surface area contributed by atoms with Crippen molar-refractivity contribution in [3.8, 4) is 5.75 Å². The summed E-state index contributed by atoms with van der Waals surface area (Å²) in [5, 5.41) is 3.86. The molecule has 0 unspecified atom stereocenters. The highest BCUT2D eigenvalue weighted by Crippen LogP contribution is 2.24. The zero-order chi connectivity index (χ0) is 23.7. The summed E-state index contributed by atoms with van der Waals surface area (Å²) >= 11 is 12.2. The SMILES string of the molecule is CC[C@H](C(=O)NC(C)(C)C)N(Cc1ccc(Cl)c(Cl)c1)C(=O)CCCOc1ccccc1. The van der Waals surface area contributed by atoms with Gasteiger partial charge in [-0.25, -0.2) is 0 Å². The number of hydrogen-bond acceptors (Lipinski definition) is 3. The lowest BCUT2D eigenvalue weighted by atomic mass is 10.0. The molecule has 0 aromatic heterocycles. The average Bonchev–Trinajstić information content (AvgIpc) is 2.73. The molecule has 0 aliphatic carbocycles. The van der Waals surface area contributed by atoms with Crippen molar-refractivity contribution in [2.24, 2.45) is 0 Å². The van der Waals surface area contributed by atoms with Gasteiger partial charge in [0.1, 0.15) is 11.8 Å². The van der Waals surface area contributed by atoms with E-state index in [2.05, 4.69) is 5.32 Å². The highest BCUT2D eigenvalue weighted by Gasteiger charge is 2.30. The first kappa shape index (κ1) is 26.0. The van der Waals surface area contributed by atoms with Gasteiger partial charge in [0.25, 0.3) is 0 Å². The second-order valence-corrected chi connectivity index (χ2v) is 9.51. The molecular weight excluding hydrogens is 447 g/mol. The second-order valence-electron chi connectivity index (χ2n) is 8.70. The van der Waals surface area contributed by atoms with Crippen LogP contribution in [-0.2, 0) is 16.1 Å². The van der Waals surface area contributed by atoms with Crippen molar-refractivity contribution in [3.63, 3.8) is 0 Å². The molecule has 1 N–H and O–H groups in total. The monoisotopic (exact) mass is 478 g/mol. The minimum atomic E-state index is -0.591. The fourth-order valence-electron chi connectivity index (χ4n) is 3.28. The van der Waals surface area contributed by atoms with Gasteiger partial charge in [0, 0.05) is 18.5 Å². The van der Waals surface area contributed by atoms with Crippen molar-refractivity contribution in [1.82, 2.24) is 10.2 Å². The Morgan fingerprint density at radius 1 is 1.06 bits per heavy atom. The quantitative estimate of drug-likeness (QED) is 0.434. The maximum Gasteiger partial charge on any atom is 0.243 e. The molecule has 0 saturated heterocycles. The molecular formula is C25H32Cl2N2O3. The molecule has 0 heterocycles. The zero-order valence-corrected chi connectivity index (χ0v) is 20.7. The van der Waals surface area contributed by atoms with E-state index in [1.165, 1.54) is 0 Å². The molecule has 0 aliphatic heterocycles. The van der Waals surface area contributed by atoms with E-state index in [9.17, 15) is 9.59 Å². The van der Waals surface area contributed by atoms with Crippen molar-refractivity contribution < 1.29 is 14.3 Å². The van der Waals surface area contributed by atoms with Gasteiger partial charge >= 0.3 is 0 Å². The number of rotatable bonds is 10. The van der Waals surface area contributed by atoms with Gasteiger partial charge in [0.15, 0.2) is 0 Å². The predicted molar refractivity (Wildman–Crippen MR) is 130 cm³/mol. The Labute approximate surface area is 201 Å². The third-order valence-electron chi connectivity index (χ3n) is 4.77. The Balaban J connectivity index is 2.12. The van der Waals surface area contributed by atoms with E-state index in [0.717, 1.165) is 11.3 Å². The molecule has 0 fully saturated rings. The van der Waals surface area contributed by atoms with Gasteiger partial charge in [-0.15, -0.1) is 0 Å². The largest absolute Gasteiger partial charge is 0.494 e. The lowest BCUT2D eigenvalue weighted by Crippen LogP contribution is -2.53. The lowest BCUT2D eigenvalue weighted by molar-refractivity contribution is -0.142. The molecule has 0 spiro atoms. The van der Waals surface area contributed by atoms with Crippen LogP contribution in [0.15, 0.2) is 48.5 Å². The van der Waals surface area contributed by atoms with E-state index in [1.54, 1.807) is 17.0 Å². The minimum Gasteiger partial charge on any atom is -0.494 e. The number of carbonyl (C=O) groups is 2. The lowest BCUT2D eigenvalue weighted by Gasteiger charge is -2.33. The van der Waals surface area contributed by atoms with Crippen molar-refractivity contribution in [1.29, 1.82) is 0 Å². The topological polar surface area (TPSA) is 58.6 Å². The Hall–Kier alpha value is -2.24. The van der Waals surface area contributed by atoms with Crippen LogP contribution >= 0.6 is 23.2 Å². The summed E-state index contributed by atoms with van der Waals surface area (Å²) in [6, 6.07) is 14.1. The standard InChI is InChI=1S/C25H32Cl2N2O3/c1-5-22(24(31)28-25(2,3)4)29(17-18-13-14-20(26)21(27)16-18)23(30)12-9-15-32-19-10-7-6-8-11-19/h6-8,10-11,13-14,16,22H,5,9,12,15,17H2,1-4H3,(H,28,31)/t22-/m1/s1. The number of ether oxygens (including phenoxy) is 1. The predicted octanol–water partition coefficient (Wildman–Crippen LogP) is 5.87. The van der Waals surface area contributed by atoms with Gasteiger partial charge in [-0.3, -0.25) is 9.59 Å². The van der Waals surface area contributed by atoms with Crippen LogP contribution in [0.4, 0.5) is 0 Å². The van der Waals surface area contributed by atoms with Gasteiger partial charge in [-0.2, -0.15) is 0 Å². The van der Waals surface area contributed by atoms with Crippen LogP contribution in [0.2, 0.25) is 10.0 Å². The number of nitrogens with one attached hydrogen (secondary N) is 1. The number of para-hydroxylation sites is 1. The summed E-state index contributed by atoms with van der Waals surface area (Å²) in [6.45, 7) is 8.35. The van der Waals surface area contributed by atoms with E-state index in [-0.39, 0.29) is 24.8 Å². The number of amides is 2. The highest BCUT2D eigenvalue weighted by atomic mass is 35.5. The van der Waals surface area contributed by atoms with Crippen LogP contribution in [0.25, 0.3) is 0 Å². The maximum absolute atomic E-state index is 13.2. The third kappa shape index (κ3) is 8.36. The van der Waals surface area contributed by atoms with Gasteiger partial charge < -0.3 is 15.0 Å². The molecule has 0 aliphatic rings. The fraction of sp³-hybridized carbons (Fsp3) is 0.440. The van der Waals surface area contributed by atoms with E-state index >= 15 is 0 Å². The first-order chi connectivity index (χ1) is 15.1. The molecule has 7 heteroatoms. The number of halogens is 2. The van der Waals surface area contributed by atoms with Crippen LogP contribution in [0.3, 0.4) is 0 Å². The van der Waals surface area contributed by atoms with Crippen LogP contribution in [0.1, 0.15) is 52.5 Å². The molecule has 2 rings (SSSR count). The number of benzene rings is 2. The second kappa shape index (κ2) is 12.1. The van der Waals surface area contributed by atoms with Crippen LogP contribution in [0, 0.1) is 0 Å². The Bertz CT molecular complexity index is 898. The number of nitrogens with zero attached hydrogens (tertiary/aromatic N) is 1. The van der Waals surface area contributed by atoms with Crippen LogP contribution < -0.4 is 10.1 Å². The van der Waals surface area contributed by atoms with Crippen molar-refractivity contribution in [3.05, 3.63) is 64.1 Å². The molecule has 0 saturated carbocycles. The normalized spacial score (nSPS) is 12.2. The van der Waals surface area contributed by atoms with Gasteiger partial charge in [0.05, 0.1) is 16.7 Å². The zero-order valence-electron chi connectivity index (χ0n) is 19.2. The molecule has 5 nitrogen and oxygen atoms in total. The van der Waals surface area contributed by atoms with Crippen LogP contribution in [0.5, 0.6) is 5.75 Å². The molecule has 32 heavy (non-hydrogen) atoms. The summed E-state index contributed by atoms with van der Waals surface area (Å²) < 4.78 is 5.70. The fourth-order valence-corrected chi connectivity index (χ4v) is 3.60. The summed E-state index contributed by atoms with van der Waals surface area (Å²) in [5.41, 5.74) is 0.419. The summed E-state index contributed by atoms with van der Waals surface area (Å²) in [5.74, 6) is 0.487. The highest BCUT2D eigenvalue weighted by molar-refractivity contribution is 6.42. The molecule has 2 aromatic rings. The van der Waals surface area contributed by atoms with Crippen LogP contribution in [-0.4, -0.2) is 34.9 Å². The van der Waals surface area contributed by atoms with Gasteiger partial charge in [-0.05, 0) is 63.4 Å². The van der Waals surface area contributed by atoms with E-state index < -0.39 is 11.6 Å². The average molecular weight is 479 g/mol. The van der Waals surface area contributed by atoms with E-state index in [4.69, 9.17) is 27.9 Å². The van der Waals surface area contributed by atoms with Gasteiger partial charge in [-0.1, -0.05) is 54.4 Å². The first-order valence-corrected chi connectivity index (χ1v) is 11.6.